The molecule has 3 amide bonds. The molecule has 0 aromatic heterocycles. The molecule has 6 nitrogen and oxygen atoms in total. The SMILES string of the molecule is CCC(=O)N1C[C@@H]2[C@H](c3ccccc31)[C@@H](CO)N2C(=O)Nc1ccccc1F. The van der Waals surface area contributed by atoms with Crippen molar-refractivity contribution in [2.24, 2.45) is 0 Å². The normalized spacial score (nSPS) is 22.8. The molecular weight excluding hydrogens is 361 g/mol. The summed E-state index contributed by atoms with van der Waals surface area (Å²) in [5, 5.41) is 12.5. The average molecular weight is 383 g/mol. The van der Waals surface area contributed by atoms with Crippen LogP contribution in [0.1, 0.15) is 24.8 Å². The fourth-order valence-corrected chi connectivity index (χ4v) is 4.34. The second-order valence-corrected chi connectivity index (χ2v) is 7.08. The number of rotatable bonds is 3. The summed E-state index contributed by atoms with van der Waals surface area (Å²) in [4.78, 5) is 28.6. The molecule has 0 unspecified atom stereocenters. The largest absolute Gasteiger partial charge is 0.394 e. The van der Waals surface area contributed by atoms with E-state index in [0.29, 0.717) is 13.0 Å². The molecule has 0 radical (unpaired) electrons. The number of benzene rings is 2. The quantitative estimate of drug-likeness (QED) is 0.856. The van der Waals surface area contributed by atoms with Crippen LogP contribution >= 0.6 is 0 Å². The summed E-state index contributed by atoms with van der Waals surface area (Å²) in [5.41, 5.74) is 1.88. The first-order valence-electron chi connectivity index (χ1n) is 9.40. The third kappa shape index (κ3) is 2.82. The molecule has 2 N–H and O–H groups in total. The van der Waals surface area contributed by atoms with Crippen LogP contribution in [0, 0.1) is 5.82 Å². The molecule has 2 aliphatic rings. The summed E-state index contributed by atoms with van der Waals surface area (Å²) < 4.78 is 13.9. The van der Waals surface area contributed by atoms with E-state index >= 15 is 0 Å². The van der Waals surface area contributed by atoms with Gasteiger partial charge in [0.25, 0.3) is 0 Å². The van der Waals surface area contributed by atoms with Crippen LogP contribution in [-0.2, 0) is 4.79 Å². The Kier molecular flexibility index (Phi) is 4.77. The number of halogens is 1. The number of amides is 3. The van der Waals surface area contributed by atoms with Crippen LogP contribution < -0.4 is 10.2 Å². The first-order chi connectivity index (χ1) is 13.6. The lowest BCUT2D eigenvalue weighted by molar-refractivity contribution is -0.119. The number of anilines is 2. The number of carbonyl (C=O) groups excluding carboxylic acids is 2. The standard InChI is InChI=1S/C21H22FN3O3/c1-2-19(27)24-11-17-20(13-7-3-6-10-16(13)24)18(12-26)25(17)21(28)23-15-9-5-4-8-14(15)22/h3-10,17-18,20,26H,2,11-12H2,1H3,(H,23,28)/t17-,18-,20+/m1/s1. The van der Waals surface area contributed by atoms with Crippen LogP contribution in [-0.4, -0.2) is 47.2 Å². The first-order valence-corrected chi connectivity index (χ1v) is 9.40. The van der Waals surface area contributed by atoms with Gasteiger partial charge < -0.3 is 20.2 Å². The van der Waals surface area contributed by atoms with Crippen molar-refractivity contribution in [2.75, 3.05) is 23.4 Å². The van der Waals surface area contributed by atoms with E-state index in [4.69, 9.17) is 0 Å². The average Bonchev–Trinajstić information content (AvgIpc) is 2.69. The third-order valence-corrected chi connectivity index (χ3v) is 5.64. The minimum Gasteiger partial charge on any atom is -0.394 e. The minimum absolute atomic E-state index is 0.0205. The lowest BCUT2D eigenvalue weighted by Gasteiger charge is -2.58. The zero-order valence-corrected chi connectivity index (χ0v) is 15.5. The second kappa shape index (κ2) is 7.24. The molecule has 1 fully saturated rings. The molecule has 0 spiro atoms. The maximum absolute atomic E-state index is 13.9. The van der Waals surface area contributed by atoms with E-state index in [1.165, 1.54) is 17.0 Å². The fourth-order valence-electron chi connectivity index (χ4n) is 4.34. The fraction of sp³-hybridized carbons (Fsp3) is 0.333. The van der Waals surface area contributed by atoms with Crippen molar-refractivity contribution >= 4 is 23.3 Å². The Labute approximate surface area is 162 Å². The van der Waals surface area contributed by atoms with E-state index < -0.39 is 17.9 Å². The maximum atomic E-state index is 13.9. The van der Waals surface area contributed by atoms with Crippen LogP contribution in [0.3, 0.4) is 0 Å². The highest BCUT2D eigenvalue weighted by Crippen LogP contribution is 2.48. The summed E-state index contributed by atoms with van der Waals surface area (Å²) in [5.74, 6) is -0.605. The summed E-state index contributed by atoms with van der Waals surface area (Å²) in [6, 6.07) is 12.4. The molecule has 2 aromatic carbocycles. The highest BCUT2D eigenvalue weighted by molar-refractivity contribution is 5.96. The molecule has 4 rings (SSSR count). The minimum atomic E-state index is -0.523. The summed E-state index contributed by atoms with van der Waals surface area (Å²) in [7, 11) is 0. The van der Waals surface area contributed by atoms with Crippen LogP contribution in [0.4, 0.5) is 20.6 Å². The topological polar surface area (TPSA) is 72.9 Å². The smallest absolute Gasteiger partial charge is 0.322 e. The lowest BCUT2D eigenvalue weighted by Crippen LogP contribution is -2.71. The molecule has 1 saturated heterocycles. The number of nitrogens with one attached hydrogen (secondary N) is 1. The first kappa shape index (κ1) is 18.4. The van der Waals surface area contributed by atoms with E-state index in [0.717, 1.165) is 11.3 Å². The maximum Gasteiger partial charge on any atom is 0.322 e. The van der Waals surface area contributed by atoms with Gasteiger partial charge >= 0.3 is 6.03 Å². The van der Waals surface area contributed by atoms with Crippen molar-refractivity contribution in [1.29, 1.82) is 0 Å². The van der Waals surface area contributed by atoms with E-state index in [1.54, 1.807) is 24.0 Å². The lowest BCUT2D eigenvalue weighted by atomic mass is 9.72. The number of hydrogen-bond donors (Lipinski definition) is 2. The number of likely N-dealkylation sites (tertiary alicyclic amines) is 1. The molecule has 7 heteroatoms. The zero-order valence-electron chi connectivity index (χ0n) is 15.5. The van der Waals surface area contributed by atoms with Gasteiger partial charge in [-0.2, -0.15) is 0 Å². The van der Waals surface area contributed by atoms with Crippen LogP contribution in [0.25, 0.3) is 0 Å². The zero-order chi connectivity index (χ0) is 19.8. The molecular formula is C21H22FN3O3. The Hall–Kier alpha value is -2.93. The molecule has 0 saturated carbocycles. The van der Waals surface area contributed by atoms with Crippen molar-refractivity contribution in [1.82, 2.24) is 4.90 Å². The van der Waals surface area contributed by atoms with Crippen LogP contribution in [0.5, 0.6) is 0 Å². The molecule has 28 heavy (non-hydrogen) atoms. The van der Waals surface area contributed by atoms with Gasteiger partial charge in [0.05, 0.1) is 24.4 Å². The Morgan fingerprint density at radius 2 is 1.89 bits per heavy atom. The number of carbonyl (C=O) groups is 2. The Morgan fingerprint density at radius 1 is 1.18 bits per heavy atom. The van der Waals surface area contributed by atoms with E-state index in [-0.39, 0.29) is 30.2 Å². The van der Waals surface area contributed by atoms with Gasteiger partial charge in [-0.3, -0.25) is 4.79 Å². The number of urea groups is 1. The molecule has 0 bridgehead atoms. The molecule has 146 valence electrons. The van der Waals surface area contributed by atoms with Crippen molar-refractivity contribution in [3.63, 3.8) is 0 Å². The van der Waals surface area contributed by atoms with E-state index in [9.17, 15) is 19.1 Å². The second-order valence-electron chi connectivity index (χ2n) is 7.08. The highest BCUT2D eigenvalue weighted by Gasteiger charge is 2.55. The summed E-state index contributed by atoms with van der Waals surface area (Å²) in [6.07, 6.45) is 0.358. The Morgan fingerprint density at radius 3 is 2.61 bits per heavy atom. The van der Waals surface area contributed by atoms with E-state index in [2.05, 4.69) is 5.32 Å². The van der Waals surface area contributed by atoms with Gasteiger partial charge in [-0.25, -0.2) is 9.18 Å². The number of fused-ring (bicyclic) bond motifs is 3. The predicted molar refractivity (Wildman–Crippen MR) is 104 cm³/mol. The van der Waals surface area contributed by atoms with E-state index in [1.807, 2.05) is 24.3 Å². The van der Waals surface area contributed by atoms with Crippen LogP contribution in [0.2, 0.25) is 0 Å². The van der Waals surface area contributed by atoms with Gasteiger partial charge in [0, 0.05) is 24.6 Å². The highest BCUT2D eigenvalue weighted by atomic mass is 19.1. The number of aliphatic hydroxyl groups is 1. The van der Waals surface area contributed by atoms with Gasteiger partial charge in [0.1, 0.15) is 5.82 Å². The monoisotopic (exact) mass is 383 g/mol. The summed E-state index contributed by atoms with van der Waals surface area (Å²) >= 11 is 0. The van der Waals surface area contributed by atoms with Crippen molar-refractivity contribution in [2.45, 2.75) is 31.3 Å². The molecule has 0 aliphatic carbocycles. The number of aliphatic hydroxyl groups excluding tert-OH is 1. The predicted octanol–water partition coefficient (Wildman–Crippen LogP) is 2.94. The van der Waals surface area contributed by atoms with Gasteiger partial charge in [-0.15, -0.1) is 0 Å². The third-order valence-electron chi connectivity index (χ3n) is 5.64. The Balaban J connectivity index is 1.64. The molecule has 2 heterocycles. The molecule has 2 aliphatic heterocycles. The van der Waals surface area contributed by atoms with Crippen molar-refractivity contribution < 1.29 is 19.1 Å². The van der Waals surface area contributed by atoms with Crippen LogP contribution in [0.15, 0.2) is 48.5 Å². The van der Waals surface area contributed by atoms with Crippen molar-refractivity contribution in [3.8, 4) is 0 Å². The summed E-state index contributed by atoms with van der Waals surface area (Å²) in [6.45, 7) is 1.95. The number of nitrogens with zero attached hydrogens (tertiary/aromatic N) is 2. The Bertz CT molecular complexity index is 919. The van der Waals surface area contributed by atoms with Crippen molar-refractivity contribution in [3.05, 3.63) is 59.9 Å². The molecule has 3 atom stereocenters. The van der Waals surface area contributed by atoms with Gasteiger partial charge in [-0.05, 0) is 23.8 Å². The van der Waals surface area contributed by atoms with Gasteiger partial charge in [0.15, 0.2) is 0 Å². The number of hydrogen-bond acceptors (Lipinski definition) is 3. The number of para-hydroxylation sites is 2. The van der Waals surface area contributed by atoms with Gasteiger partial charge in [-0.1, -0.05) is 37.3 Å². The van der Waals surface area contributed by atoms with Gasteiger partial charge in [0.2, 0.25) is 5.91 Å². The molecule has 2 aromatic rings.